The molecule has 1 aromatic carbocycles. The van der Waals surface area contributed by atoms with Gasteiger partial charge in [0, 0.05) is 5.22 Å². The Kier molecular flexibility index (Phi) is 5.51. The zero-order valence-electron chi connectivity index (χ0n) is 10.1. The van der Waals surface area contributed by atoms with Gasteiger partial charge in [-0.2, -0.15) is 0 Å². The summed E-state index contributed by atoms with van der Waals surface area (Å²) in [5.41, 5.74) is 1.58. The molecule has 5 atom stereocenters. The van der Waals surface area contributed by atoms with Crippen LogP contribution in [-0.2, 0) is 0 Å². The number of hydrogen-bond donors (Lipinski definition) is 0. The molecule has 0 fully saturated rings. The van der Waals surface area contributed by atoms with Crippen LogP contribution in [0.2, 0.25) is 0 Å². The number of rotatable bonds is 5. The summed E-state index contributed by atoms with van der Waals surface area (Å²) >= 11 is 0. The summed E-state index contributed by atoms with van der Waals surface area (Å²) < 4.78 is 0. The molecule has 0 saturated heterocycles. The molecule has 0 spiro atoms. The third-order valence-corrected chi connectivity index (χ3v) is 13.5. The van der Waals surface area contributed by atoms with Gasteiger partial charge in [0.15, 0.2) is 0 Å². The molecule has 1 nitrogen and oxygen atoms in total. The van der Waals surface area contributed by atoms with Crippen molar-refractivity contribution in [3.8, 4) is 0 Å². The minimum atomic E-state index is -0.0780. The monoisotopic (exact) mass is 301 g/mol. The summed E-state index contributed by atoms with van der Waals surface area (Å²) in [6.45, 7) is 2.26. The van der Waals surface area contributed by atoms with E-state index in [4.69, 9.17) is 4.99 Å². The van der Waals surface area contributed by atoms with Crippen molar-refractivity contribution >= 4 is 38.7 Å². The lowest BCUT2D eigenvalue weighted by atomic mass is 10.1. The fourth-order valence-corrected chi connectivity index (χ4v) is 6.21. The second kappa shape index (κ2) is 6.68. The number of para-hydroxylation sites is 1. The Morgan fingerprint density at radius 2 is 2.18 bits per heavy atom. The van der Waals surface area contributed by atoms with E-state index in [-0.39, 0.29) is 7.30 Å². The average molecular weight is 301 g/mol. The third kappa shape index (κ3) is 3.14. The van der Waals surface area contributed by atoms with Crippen LogP contribution < -0.4 is 10.6 Å². The first-order valence-electron chi connectivity index (χ1n) is 5.94. The van der Waals surface area contributed by atoms with E-state index in [9.17, 15) is 0 Å². The molecule has 0 saturated carbocycles. The molecule has 5 unspecified atom stereocenters. The Balaban J connectivity index is 2.42. The van der Waals surface area contributed by atoms with Gasteiger partial charge in [0.05, 0.1) is 11.1 Å². The van der Waals surface area contributed by atoms with E-state index >= 15 is 0 Å². The first-order valence-corrected chi connectivity index (χ1v) is 12.6. The Hall–Kier alpha value is 0.610. The van der Waals surface area contributed by atoms with Gasteiger partial charge >= 0.3 is 0 Å². The molecule has 0 N–H and O–H groups in total. The summed E-state index contributed by atoms with van der Waals surface area (Å²) in [5, 5.41) is 2.62. The standard InChI is InChI=1S/C12H19NP4/c1-2-3-6-10-9-7-4-5-8-11(9)13-12(10)17(15)16-14/h4-5,7-8,12,16H,2-3,6,14-15H2,1H3. The maximum absolute atomic E-state index is 4.92. The lowest BCUT2D eigenvalue weighted by molar-refractivity contribution is 0.810. The van der Waals surface area contributed by atoms with Crippen LogP contribution in [0.25, 0.3) is 5.57 Å². The van der Waals surface area contributed by atoms with Gasteiger partial charge in [0.25, 0.3) is 0 Å². The second-order valence-electron chi connectivity index (χ2n) is 4.19. The number of hydrogen-bond acceptors (Lipinski definition) is 1. The summed E-state index contributed by atoms with van der Waals surface area (Å²) in [4.78, 5) is 4.92. The van der Waals surface area contributed by atoms with Crippen molar-refractivity contribution in [3.63, 3.8) is 0 Å². The van der Waals surface area contributed by atoms with Crippen LogP contribution in [0, 0.1) is 0 Å². The van der Waals surface area contributed by atoms with Crippen LogP contribution in [0.4, 0.5) is 0 Å². The zero-order chi connectivity index (χ0) is 12.3. The molecule has 2 rings (SSSR count). The van der Waals surface area contributed by atoms with E-state index in [2.05, 4.69) is 49.0 Å². The van der Waals surface area contributed by atoms with Crippen LogP contribution in [0.15, 0.2) is 29.3 Å². The van der Waals surface area contributed by atoms with Crippen molar-refractivity contribution in [1.82, 2.24) is 0 Å². The van der Waals surface area contributed by atoms with E-state index in [1.807, 2.05) is 0 Å². The third-order valence-electron chi connectivity index (χ3n) is 3.04. The van der Waals surface area contributed by atoms with Crippen LogP contribution in [-0.4, -0.2) is 5.78 Å². The molecule has 0 amide bonds. The van der Waals surface area contributed by atoms with E-state index in [0.717, 1.165) is 7.96 Å². The predicted octanol–water partition coefficient (Wildman–Crippen LogP) is 3.64. The Morgan fingerprint density at radius 1 is 1.41 bits per heavy atom. The molecule has 0 aliphatic carbocycles. The van der Waals surface area contributed by atoms with Gasteiger partial charge in [-0.05, 0) is 31.8 Å². The van der Waals surface area contributed by atoms with Crippen molar-refractivity contribution in [1.29, 1.82) is 0 Å². The summed E-state index contributed by atoms with van der Waals surface area (Å²) in [6.07, 6.45) is 3.75. The smallest absolute Gasteiger partial charge is 0.0992 e. The molecule has 1 heterocycles. The fraction of sp³-hybridized carbons (Fsp3) is 0.417. The minimum Gasteiger partial charge on any atom is -0.272 e. The van der Waals surface area contributed by atoms with Gasteiger partial charge in [-0.15, -0.1) is 17.9 Å². The number of fused-ring (bicyclic) bond motifs is 1. The maximum atomic E-state index is 4.92. The van der Waals surface area contributed by atoms with E-state index in [1.165, 1.54) is 29.8 Å². The first-order chi connectivity index (χ1) is 8.27. The van der Waals surface area contributed by atoms with Crippen molar-refractivity contribution in [2.75, 3.05) is 0 Å². The number of unbranched alkanes of at least 4 members (excludes halogenated alkanes) is 1. The molecule has 0 radical (unpaired) electrons. The highest BCUT2D eigenvalue weighted by Gasteiger charge is 2.23. The van der Waals surface area contributed by atoms with Crippen LogP contribution in [0.5, 0.6) is 0 Å². The lowest BCUT2D eigenvalue weighted by Gasteiger charge is -2.19. The molecule has 5 heteroatoms. The van der Waals surface area contributed by atoms with Crippen molar-refractivity contribution < 1.29 is 0 Å². The summed E-state index contributed by atoms with van der Waals surface area (Å²) in [5.74, 6) is 0.454. The van der Waals surface area contributed by atoms with Crippen molar-refractivity contribution in [2.24, 2.45) is 4.99 Å². The first kappa shape index (κ1) is 14.0. The van der Waals surface area contributed by atoms with Crippen LogP contribution >= 0.6 is 33.1 Å². The highest BCUT2D eigenvalue weighted by atomic mass is 32.6. The molecule has 1 aliphatic heterocycles. The summed E-state index contributed by atoms with van der Waals surface area (Å²) in [6, 6.07) is 8.62. The van der Waals surface area contributed by atoms with Gasteiger partial charge < -0.3 is 0 Å². The van der Waals surface area contributed by atoms with Gasteiger partial charge in [0.2, 0.25) is 0 Å². The van der Waals surface area contributed by atoms with Crippen molar-refractivity contribution in [3.05, 3.63) is 34.8 Å². The Labute approximate surface area is 111 Å². The molecule has 1 aliphatic rings. The number of benzene rings is 1. The minimum absolute atomic E-state index is 0.0780. The van der Waals surface area contributed by atoms with Crippen LogP contribution in [0.3, 0.4) is 0 Å². The van der Waals surface area contributed by atoms with E-state index in [0.29, 0.717) is 5.78 Å². The SMILES string of the molecule is CCCCC1=c2ccccc2=NC1P(P)PP. The molecule has 17 heavy (non-hydrogen) atoms. The topological polar surface area (TPSA) is 12.4 Å². The van der Waals surface area contributed by atoms with Gasteiger partial charge in [0.1, 0.15) is 0 Å². The van der Waals surface area contributed by atoms with Gasteiger partial charge in [-0.1, -0.05) is 39.5 Å². The van der Waals surface area contributed by atoms with E-state index in [1.54, 1.807) is 5.57 Å². The highest BCUT2D eigenvalue weighted by Crippen LogP contribution is 2.71. The fourth-order valence-electron chi connectivity index (χ4n) is 2.14. The zero-order valence-corrected chi connectivity index (χ0v) is 14.3. The summed E-state index contributed by atoms with van der Waals surface area (Å²) in [7, 11) is 6.75. The highest BCUT2D eigenvalue weighted by molar-refractivity contribution is 8.61. The van der Waals surface area contributed by atoms with Crippen LogP contribution in [0.1, 0.15) is 26.2 Å². The molecule has 92 valence electrons. The van der Waals surface area contributed by atoms with Gasteiger partial charge in [-0.25, -0.2) is 0 Å². The number of nitrogens with zero attached hydrogens (tertiary/aromatic N) is 1. The molecular formula is C12H19NP4. The lowest BCUT2D eigenvalue weighted by Crippen LogP contribution is -2.22. The quantitative estimate of drug-likeness (QED) is 0.736. The van der Waals surface area contributed by atoms with Crippen molar-refractivity contribution in [2.45, 2.75) is 32.0 Å². The normalized spacial score (nSPS) is 20.6. The largest absolute Gasteiger partial charge is 0.272 e. The Morgan fingerprint density at radius 3 is 2.88 bits per heavy atom. The average Bonchev–Trinajstić information content (AvgIpc) is 2.74. The van der Waals surface area contributed by atoms with Gasteiger partial charge in [-0.3, -0.25) is 4.99 Å². The van der Waals surface area contributed by atoms with E-state index < -0.39 is 0 Å². The maximum Gasteiger partial charge on any atom is 0.0992 e. The molecule has 0 aromatic heterocycles. The molecular weight excluding hydrogens is 282 g/mol. The molecule has 1 aromatic rings. The second-order valence-corrected chi connectivity index (χ2v) is 13.6. The molecule has 0 bridgehead atoms. The predicted molar refractivity (Wildman–Crippen MR) is 88.6 cm³/mol. The Bertz CT molecular complexity index is 499.